The predicted molar refractivity (Wildman–Crippen MR) is 137 cm³/mol. The molecule has 5 nitrogen and oxygen atoms in total. The van der Waals surface area contributed by atoms with Gasteiger partial charge in [0.2, 0.25) is 0 Å². The number of aromatic nitrogens is 5. The van der Waals surface area contributed by atoms with Gasteiger partial charge in [0.25, 0.3) is 0 Å². The third-order valence-corrected chi connectivity index (χ3v) is 7.78. The first-order chi connectivity index (χ1) is 16.9. The van der Waals surface area contributed by atoms with E-state index in [1.54, 1.807) is 0 Å². The van der Waals surface area contributed by atoms with E-state index in [4.69, 9.17) is 15.0 Å². The Morgan fingerprint density at radius 1 is 0.514 bits per heavy atom. The maximum Gasteiger partial charge on any atom is 2.00 e. The molecule has 37 heavy (non-hydrogen) atoms. The summed E-state index contributed by atoms with van der Waals surface area (Å²) in [6.45, 7) is 0. The Morgan fingerprint density at radius 2 is 0.919 bits per heavy atom. The van der Waals surface area contributed by atoms with Crippen LogP contribution in [0.15, 0.2) is 66.7 Å². The molecule has 0 N–H and O–H groups in total. The van der Waals surface area contributed by atoms with Crippen molar-refractivity contribution in [3.05, 3.63) is 66.7 Å². The molecule has 2 aromatic carbocycles. The number of para-hydroxylation sites is 4. The van der Waals surface area contributed by atoms with E-state index in [0.29, 0.717) is 12.1 Å². The minimum Gasteiger partial charge on any atom is -1.00 e. The van der Waals surface area contributed by atoms with Gasteiger partial charge in [-0.05, 0) is 62.1 Å². The number of halogens is 2. The number of pyridine rings is 1. The van der Waals surface area contributed by atoms with Gasteiger partial charge in [0.05, 0.1) is 22.1 Å². The number of rotatable bonds is 4. The maximum absolute atomic E-state index is 5.20. The summed E-state index contributed by atoms with van der Waals surface area (Å²) < 4.78 is 4.91. The topological polar surface area (TPSA) is 48.5 Å². The quantitative estimate of drug-likeness (QED) is 0.329. The van der Waals surface area contributed by atoms with Crippen molar-refractivity contribution in [2.75, 3.05) is 0 Å². The normalized spacial score (nSPS) is 16.0. The van der Waals surface area contributed by atoms with E-state index in [1.165, 1.54) is 62.4 Å². The standard InChI is InChI=1S/C29H29N5.2ClH.V/c1-2-11-20(10-1)33-26-18-7-5-14-22(26)31-28(33)24-16-9-17-25(30-24)29-32-23-15-6-8-19-27(23)34(29)21-12-3-4-13-21;;;/h5-9,14-21H,1-4,10-13H2;2*1H;/q;;;+2/p-2. The van der Waals surface area contributed by atoms with Gasteiger partial charge in [-0.3, -0.25) is 0 Å². The number of imidazole rings is 2. The molecular weight excluding hydrogens is 540 g/mol. The van der Waals surface area contributed by atoms with E-state index >= 15 is 0 Å². The van der Waals surface area contributed by atoms with Crippen LogP contribution in [-0.2, 0) is 18.6 Å². The SMILES string of the molecule is [Cl-].[Cl-].[V+2].c1cc(-c2nc3ccccc3n2C2CCCC2)nc(-c2nc3ccccc3n2C2CCCC2)c1. The average molecular weight is 569 g/mol. The molecule has 5 aromatic rings. The summed E-state index contributed by atoms with van der Waals surface area (Å²) in [6.07, 6.45) is 10.0. The zero-order valence-electron chi connectivity index (χ0n) is 20.6. The van der Waals surface area contributed by atoms with Gasteiger partial charge in [-0.15, -0.1) is 0 Å². The summed E-state index contributed by atoms with van der Waals surface area (Å²) >= 11 is 0. The smallest absolute Gasteiger partial charge is 1.00 e. The van der Waals surface area contributed by atoms with Crippen LogP contribution in [0.1, 0.15) is 63.5 Å². The molecule has 0 atom stereocenters. The van der Waals surface area contributed by atoms with Crippen LogP contribution in [0.5, 0.6) is 0 Å². The molecule has 0 saturated heterocycles. The fraction of sp³-hybridized carbons (Fsp3) is 0.345. The maximum atomic E-state index is 5.20. The van der Waals surface area contributed by atoms with Crippen LogP contribution in [-0.4, -0.2) is 24.1 Å². The Morgan fingerprint density at radius 3 is 1.35 bits per heavy atom. The molecule has 189 valence electrons. The van der Waals surface area contributed by atoms with Crippen molar-refractivity contribution < 1.29 is 43.4 Å². The second-order valence-electron chi connectivity index (χ2n) is 9.87. The van der Waals surface area contributed by atoms with Crippen molar-refractivity contribution in [1.29, 1.82) is 0 Å². The van der Waals surface area contributed by atoms with E-state index in [1.807, 2.05) is 0 Å². The van der Waals surface area contributed by atoms with Crippen LogP contribution < -0.4 is 24.8 Å². The first kappa shape index (κ1) is 27.7. The van der Waals surface area contributed by atoms with Crippen LogP contribution in [0, 0.1) is 0 Å². The third kappa shape index (κ3) is 4.83. The minimum absolute atomic E-state index is 0. The third-order valence-electron chi connectivity index (χ3n) is 7.78. The van der Waals surface area contributed by atoms with E-state index < -0.39 is 0 Å². The van der Waals surface area contributed by atoms with Gasteiger partial charge >= 0.3 is 18.6 Å². The number of hydrogen-bond donors (Lipinski definition) is 0. The molecule has 1 radical (unpaired) electrons. The Hall–Kier alpha value is -2.31. The van der Waals surface area contributed by atoms with Gasteiger partial charge in [-0.2, -0.15) is 0 Å². The molecular formula is C29H29Cl2N5V. The van der Waals surface area contributed by atoms with Crippen LogP contribution in [0.2, 0.25) is 0 Å². The summed E-state index contributed by atoms with van der Waals surface area (Å²) in [4.78, 5) is 15.4. The van der Waals surface area contributed by atoms with Crippen LogP contribution in [0.4, 0.5) is 0 Å². The summed E-state index contributed by atoms with van der Waals surface area (Å²) in [6, 6.07) is 24.4. The Bertz CT molecular complexity index is 1390. The second-order valence-corrected chi connectivity index (χ2v) is 9.87. The molecule has 8 heteroatoms. The molecule has 7 rings (SSSR count). The van der Waals surface area contributed by atoms with Gasteiger partial charge in [0.15, 0.2) is 11.6 Å². The molecule has 0 spiro atoms. The van der Waals surface area contributed by atoms with Crippen molar-refractivity contribution in [2.24, 2.45) is 0 Å². The summed E-state index contributed by atoms with van der Waals surface area (Å²) in [5.74, 6) is 1.97. The van der Waals surface area contributed by atoms with Crippen molar-refractivity contribution in [1.82, 2.24) is 24.1 Å². The summed E-state index contributed by atoms with van der Waals surface area (Å²) in [5, 5.41) is 0. The van der Waals surface area contributed by atoms with E-state index in [-0.39, 0.29) is 43.4 Å². The van der Waals surface area contributed by atoms with Crippen molar-refractivity contribution >= 4 is 22.1 Å². The zero-order chi connectivity index (χ0) is 22.5. The number of benzene rings is 2. The molecule has 2 saturated carbocycles. The van der Waals surface area contributed by atoms with Gasteiger partial charge in [0, 0.05) is 12.1 Å². The number of hydrogen-bond acceptors (Lipinski definition) is 3. The molecule has 0 amide bonds. The summed E-state index contributed by atoms with van der Waals surface area (Å²) in [7, 11) is 0. The molecule has 2 aliphatic rings. The predicted octanol–water partition coefficient (Wildman–Crippen LogP) is 1.35. The fourth-order valence-corrected chi connectivity index (χ4v) is 6.20. The van der Waals surface area contributed by atoms with Crippen LogP contribution in [0.3, 0.4) is 0 Å². The first-order valence-electron chi connectivity index (χ1n) is 12.8. The Kier molecular flexibility index (Phi) is 8.70. The van der Waals surface area contributed by atoms with Crippen LogP contribution in [0.25, 0.3) is 45.1 Å². The van der Waals surface area contributed by atoms with Crippen molar-refractivity contribution in [3.8, 4) is 23.0 Å². The molecule has 2 aliphatic carbocycles. The van der Waals surface area contributed by atoms with Gasteiger partial charge in [0.1, 0.15) is 11.4 Å². The number of nitrogens with zero attached hydrogens (tertiary/aromatic N) is 5. The molecule has 0 aliphatic heterocycles. The number of fused-ring (bicyclic) bond motifs is 2. The fourth-order valence-electron chi connectivity index (χ4n) is 6.20. The summed E-state index contributed by atoms with van der Waals surface area (Å²) in [5.41, 5.74) is 6.41. The first-order valence-corrected chi connectivity index (χ1v) is 12.8. The average Bonchev–Trinajstić information content (AvgIpc) is 3.68. The Balaban J connectivity index is 0.00000107. The van der Waals surface area contributed by atoms with Gasteiger partial charge in [-0.25, -0.2) is 15.0 Å². The molecule has 0 unspecified atom stereocenters. The van der Waals surface area contributed by atoms with E-state index in [2.05, 4.69) is 75.9 Å². The molecule has 0 bridgehead atoms. The van der Waals surface area contributed by atoms with Crippen molar-refractivity contribution in [2.45, 2.75) is 63.5 Å². The van der Waals surface area contributed by atoms with Crippen molar-refractivity contribution in [3.63, 3.8) is 0 Å². The molecule has 3 aromatic heterocycles. The van der Waals surface area contributed by atoms with E-state index in [0.717, 1.165) is 34.1 Å². The largest absolute Gasteiger partial charge is 2.00 e. The monoisotopic (exact) mass is 568 g/mol. The van der Waals surface area contributed by atoms with Gasteiger partial charge in [-0.1, -0.05) is 56.0 Å². The van der Waals surface area contributed by atoms with Gasteiger partial charge < -0.3 is 33.9 Å². The minimum atomic E-state index is 0. The molecule has 2 fully saturated rings. The second kappa shape index (κ2) is 11.6. The Labute approximate surface area is 241 Å². The van der Waals surface area contributed by atoms with E-state index in [9.17, 15) is 0 Å². The van der Waals surface area contributed by atoms with Crippen LogP contribution >= 0.6 is 0 Å². The zero-order valence-corrected chi connectivity index (χ0v) is 23.5. The molecule has 3 heterocycles.